The van der Waals surface area contributed by atoms with Gasteiger partial charge in [-0.05, 0) is 48.6 Å². The van der Waals surface area contributed by atoms with Crippen LogP contribution < -0.4 is 10.6 Å². The molecule has 2 aromatic rings. The molecule has 1 aromatic heterocycles. The molecule has 0 spiro atoms. The molecule has 1 aromatic carbocycles. The van der Waals surface area contributed by atoms with Crippen LogP contribution in [0.2, 0.25) is 5.02 Å². The number of aliphatic hydroxyl groups is 1. The molecule has 0 saturated heterocycles. The lowest BCUT2D eigenvalue weighted by atomic mass is 9.94. The number of furan rings is 1. The highest BCUT2D eigenvalue weighted by atomic mass is 35.5. The van der Waals surface area contributed by atoms with Crippen molar-refractivity contribution in [3.63, 3.8) is 0 Å². The minimum absolute atomic E-state index is 0.123. The fourth-order valence-corrected chi connectivity index (χ4v) is 2.71. The van der Waals surface area contributed by atoms with Gasteiger partial charge in [-0.3, -0.25) is 0 Å². The van der Waals surface area contributed by atoms with E-state index in [1.807, 2.05) is 12.1 Å². The van der Waals surface area contributed by atoms with Crippen LogP contribution in [0.25, 0.3) is 0 Å². The predicted molar refractivity (Wildman–Crippen MR) is 87.0 cm³/mol. The quantitative estimate of drug-likeness (QED) is 0.760. The van der Waals surface area contributed by atoms with Crippen molar-refractivity contribution < 1.29 is 14.3 Å². The minimum Gasteiger partial charge on any atom is -0.466 e. The summed E-state index contributed by atoms with van der Waals surface area (Å²) in [5, 5.41) is 17.0. The molecule has 0 aliphatic heterocycles. The number of hydrogen-bond acceptors (Lipinski definition) is 3. The Bertz CT molecular complexity index is 653. The van der Waals surface area contributed by atoms with Crippen molar-refractivity contribution in [1.82, 2.24) is 10.6 Å². The van der Waals surface area contributed by atoms with Crippen molar-refractivity contribution in [3.8, 4) is 0 Å². The van der Waals surface area contributed by atoms with Gasteiger partial charge < -0.3 is 20.2 Å². The summed E-state index contributed by atoms with van der Waals surface area (Å²) in [6.07, 6.45) is 3.40. The number of nitrogens with one attached hydrogen (secondary N) is 2. The van der Waals surface area contributed by atoms with Crippen LogP contribution >= 0.6 is 11.6 Å². The first-order valence-electron chi connectivity index (χ1n) is 7.60. The van der Waals surface area contributed by atoms with Crippen LogP contribution in [0.5, 0.6) is 0 Å². The minimum atomic E-state index is -1.14. The van der Waals surface area contributed by atoms with Crippen molar-refractivity contribution in [2.45, 2.75) is 25.0 Å². The number of amides is 2. The van der Waals surface area contributed by atoms with Gasteiger partial charge in [-0.25, -0.2) is 4.79 Å². The van der Waals surface area contributed by atoms with Crippen LogP contribution in [0.4, 0.5) is 4.79 Å². The fraction of sp³-hybridized carbons (Fsp3) is 0.353. The summed E-state index contributed by atoms with van der Waals surface area (Å²) in [6, 6.07) is 10.4. The molecule has 3 rings (SSSR count). The average molecular weight is 335 g/mol. The van der Waals surface area contributed by atoms with Crippen molar-refractivity contribution in [2.24, 2.45) is 5.92 Å². The van der Waals surface area contributed by atoms with E-state index in [1.54, 1.807) is 24.3 Å². The van der Waals surface area contributed by atoms with E-state index in [4.69, 9.17) is 16.0 Å². The molecule has 122 valence electrons. The zero-order valence-corrected chi connectivity index (χ0v) is 13.3. The first kappa shape index (κ1) is 15.9. The van der Waals surface area contributed by atoms with E-state index < -0.39 is 5.60 Å². The Morgan fingerprint density at radius 2 is 2.00 bits per heavy atom. The SMILES string of the molecule is O=C(NCc1ccc(Cl)cc1)NC[C@](O)(c1ccco1)C1CC1. The topological polar surface area (TPSA) is 74.5 Å². The highest BCUT2D eigenvalue weighted by Gasteiger charge is 2.47. The van der Waals surface area contributed by atoms with Gasteiger partial charge in [0, 0.05) is 11.6 Å². The number of urea groups is 1. The van der Waals surface area contributed by atoms with Gasteiger partial charge in [0.15, 0.2) is 0 Å². The molecule has 1 heterocycles. The van der Waals surface area contributed by atoms with E-state index in [-0.39, 0.29) is 18.5 Å². The van der Waals surface area contributed by atoms with Gasteiger partial charge in [0.1, 0.15) is 11.4 Å². The summed E-state index contributed by atoms with van der Waals surface area (Å²) < 4.78 is 5.34. The van der Waals surface area contributed by atoms with Crippen LogP contribution in [0.15, 0.2) is 47.1 Å². The predicted octanol–water partition coefficient (Wildman–Crippen LogP) is 3.03. The molecule has 1 aliphatic rings. The smallest absolute Gasteiger partial charge is 0.315 e. The zero-order valence-electron chi connectivity index (χ0n) is 12.6. The molecule has 1 saturated carbocycles. The Balaban J connectivity index is 1.52. The molecule has 5 nitrogen and oxygen atoms in total. The maximum absolute atomic E-state index is 12.0. The number of hydrogen-bond donors (Lipinski definition) is 3. The molecule has 0 radical (unpaired) electrons. The second kappa shape index (κ2) is 6.64. The van der Waals surface area contributed by atoms with Crippen molar-refractivity contribution >= 4 is 17.6 Å². The molecule has 23 heavy (non-hydrogen) atoms. The number of halogens is 1. The fourth-order valence-electron chi connectivity index (χ4n) is 2.58. The molecule has 0 bridgehead atoms. The number of rotatable bonds is 6. The van der Waals surface area contributed by atoms with E-state index in [0.29, 0.717) is 17.3 Å². The normalized spacial score (nSPS) is 16.6. The molecular weight excluding hydrogens is 316 g/mol. The third-order valence-electron chi connectivity index (χ3n) is 4.09. The van der Waals surface area contributed by atoms with Crippen molar-refractivity contribution in [3.05, 3.63) is 59.0 Å². The van der Waals surface area contributed by atoms with Crippen molar-refractivity contribution in [2.75, 3.05) is 6.54 Å². The van der Waals surface area contributed by atoms with Crippen LogP contribution in [0.3, 0.4) is 0 Å². The summed E-state index contributed by atoms with van der Waals surface area (Å²) in [5.74, 6) is 0.628. The maximum Gasteiger partial charge on any atom is 0.315 e. The van der Waals surface area contributed by atoms with Gasteiger partial charge >= 0.3 is 6.03 Å². The monoisotopic (exact) mass is 334 g/mol. The van der Waals surface area contributed by atoms with Crippen LogP contribution in [-0.2, 0) is 12.1 Å². The second-order valence-electron chi connectivity index (χ2n) is 5.84. The summed E-state index contributed by atoms with van der Waals surface area (Å²) in [7, 11) is 0. The Morgan fingerprint density at radius 3 is 2.61 bits per heavy atom. The molecule has 0 unspecified atom stereocenters. The molecule has 1 atom stereocenters. The third-order valence-corrected chi connectivity index (χ3v) is 4.34. The summed E-state index contributed by atoms with van der Waals surface area (Å²) in [4.78, 5) is 12.0. The second-order valence-corrected chi connectivity index (χ2v) is 6.27. The van der Waals surface area contributed by atoms with Gasteiger partial charge in [0.25, 0.3) is 0 Å². The molecule has 1 fully saturated rings. The number of carbonyl (C=O) groups is 1. The average Bonchev–Trinajstić information content (AvgIpc) is 3.27. The Morgan fingerprint density at radius 1 is 1.26 bits per heavy atom. The largest absolute Gasteiger partial charge is 0.466 e. The van der Waals surface area contributed by atoms with E-state index in [1.165, 1.54) is 6.26 Å². The first-order valence-corrected chi connectivity index (χ1v) is 7.98. The van der Waals surface area contributed by atoms with Gasteiger partial charge in [0.2, 0.25) is 0 Å². The highest BCUT2D eigenvalue weighted by molar-refractivity contribution is 6.30. The first-order chi connectivity index (χ1) is 11.1. The van der Waals surface area contributed by atoms with Gasteiger partial charge in [-0.2, -0.15) is 0 Å². The Labute approximate surface area is 139 Å². The molecular formula is C17H19ClN2O3. The summed E-state index contributed by atoms with van der Waals surface area (Å²) in [5.41, 5.74) is -0.186. The lowest BCUT2D eigenvalue weighted by Crippen LogP contribution is -2.45. The van der Waals surface area contributed by atoms with Crippen LogP contribution in [0.1, 0.15) is 24.2 Å². The molecule has 2 amide bonds. The summed E-state index contributed by atoms with van der Waals surface area (Å²) in [6.45, 7) is 0.517. The lowest BCUT2D eigenvalue weighted by Gasteiger charge is -2.26. The van der Waals surface area contributed by atoms with Crippen molar-refractivity contribution in [1.29, 1.82) is 0 Å². The maximum atomic E-state index is 12.0. The lowest BCUT2D eigenvalue weighted by molar-refractivity contribution is -0.00449. The number of carbonyl (C=O) groups excluding carboxylic acids is 1. The van der Waals surface area contributed by atoms with E-state index in [9.17, 15) is 9.90 Å². The Hall–Kier alpha value is -1.98. The van der Waals surface area contributed by atoms with E-state index in [0.717, 1.165) is 18.4 Å². The van der Waals surface area contributed by atoms with E-state index >= 15 is 0 Å². The van der Waals surface area contributed by atoms with E-state index in [2.05, 4.69) is 10.6 Å². The Kier molecular flexibility index (Phi) is 4.59. The van der Waals surface area contributed by atoms with Gasteiger partial charge in [-0.15, -0.1) is 0 Å². The van der Waals surface area contributed by atoms with Crippen LogP contribution in [0, 0.1) is 5.92 Å². The highest BCUT2D eigenvalue weighted by Crippen LogP contribution is 2.45. The summed E-state index contributed by atoms with van der Waals surface area (Å²) >= 11 is 5.82. The standard InChI is InChI=1S/C17H19ClN2O3/c18-14-7-3-12(4-8-14)10-19-16(21)20-11-17(22,13-5-6-13)15-2-1-9-23-15/h1-4,7-9,13,22H,5-6,10-11H2,(H2,19,20,21)/t17-/m1/s1. The third kappa shape index (κ3) is 3.86. The molecule has 1 aliphatic carbocycles. The number of benzene rings is 1. The van der Waals surface area contributed by atoms with Gasteiger partial charge in [-0.1, -0.05) is 23.7 Å². The molecule has 3 N–H and O–H groups in total. The zero-order chi connectivity index (χ0) is 16.3. The molecule has 6 heteroatoms. The van der Waals surface area contributed by atoms with Crippen LogP contribution in [-0.4, -0.2) is 17.7 Å². The van der Waals surface area contributed by atoms with Gasteiger partial charge in [0.05, 0.1) is 12.8 Å².